The minimum absolute atomic E-state index is 0.0157. The number of carbonyl (C=O) groups is 2. The van der Waals surface area contributed by atoms with Gasteiger partial charge < -0.3 is 25.0 Å². The molecule has 4 fully saturated rings. The van der Waals surface area contributed by atoms with Crippen molar-refractivity contribution in [1.29, 1.82) is 0 Å². The van der Waals surface area contributed by atoms with Gasteiger partial charge in [0.1, 0.15) is 17.6 Å². The molecule has 14 heteroatoms. The molecule has 2 aliphatic heterocycles. The lowest BCUT2D eigenvalue weighted by atomic mass is 9.43. The van der Waals surface area contributed by atoms with Crippen molar-refractivity contribution in [3.63, 3.8) is 0 Å². The summed E-state index contributed by atoms with van der Waals surface area (Å²) < 4.78 is 53.7. The summed E-state index contributed by atoms with van der Waals surface area (Å²) in [6, 6.07) is 3.69. The van der Waals surface area contributed by atoms with Crippen LogP contribution in [0.5, 0.6) is 0 Å². The molecule has 10 nitrogen and oxygen atoms in total. The van der Waals surface area contributed by atoms with Crippen molar-refractivity contribution in [3.05, 3.63) is 57.8 Å². The van der Waals surface area contributed by atoms with Gasteiger partial charge in [-0.05, 0) is 67.6 Å². The molecule has 3 N–H and O–H groups in total. The number of aromatic nitrogens is 2. The fourth-order valence-corrected chi connectivity index (χ4v) is 8.06. The van der Waals surface area contributed by atoms with Crippen molar-refractivity contribution in [1.82, 2.24) is 14.9 Å². The Kier molecular flexibility index (Phi) is 7.83. The van der Waals surface area contributed by atoms with Crippen LogP contribution < -0.4 is 16.2 Å². The number of alkyl halides is 3. The number of benzene rings is 1. The number of anilines is 1. The van der Waals surface area contributed by atoms with Gasteiger partial charge in [-0.3, -0.25) is 19.0 Å². The highest BCUT2D eigenvalue weighted by molar-refractivity contribution is 6.47. The summed E-state index contributed by atoms with van der Waals surface area (Å²) in [7, 11) is -0.671. The van der Waals surface area contributed by atoms with E-state index in [1.54, 1.807) is 0 Å². The van der Waals surface area contributed by atoms with Gasteiger partial charge in [-0.1, -0.05) is 32.9 Å². The Hall–Kier alpha value is -3.39. The number of hydrogen-bond acceptors (Lipinski definition) is 7. The number of carboxylic acids is 1. The highest BCUT2D eigenvalue weighted by Gasteiger charge is 2.68. The van der Waals surface area contributed by atoms with Gasteiger partial charge >= 0.3 is 19.3 Å². The lowest BCUT2D eigenvalue weighted by molar-refractivity contribution is -0.199. The number of rotatable bonds is 9. The Morgan fingerprint density at radius 2 is 1.98 bits per heavy atom. The molecule has 3 saturated carbocycles. The third kappa shape index (κ3) is 5.43. The van der Waals surface area contributed by atoms with E-state index >= 15 is 0 Å². The number of hydrogen-bond donors (Lipinski definition) is 3. The highest BCUT2D eigenvalue weighted by atomic mass is 19.4. The maximum Gasteiger partial charge on any atom is 0.481 e. The number of amides is 1. The number of nitrogens with zero attached hydrogens (tertiary/aromatic N) is 2. The predicted molar refractivity (Wildman–Crippen MR) is 158 cm³/mol. The normalized spacial score (nSPS) is 30.2. The number of carboxylic acid groups (broad SMARTS) is 1. The molecule has 1 aromatic carbocycles. The zero-order valence-electron chi connectivity index (χ0n) is 25.7. The molecule has 1 aromatic heterocycles. The van der Waals surface area contributed by atoms with E-state index in [4.69, 9.17) is 9.31 Å². The quantitative estimate of drug-likeness (QED) is 0.345. The molecule has 7 atom stereocenters. The number of nitrogens with one attached hydrogen (secondary N) is 2. The van der Waals surface area contributed by atoms with Crippen LogP contribution in [0.15, 0.2) is 35.3 Å². The van der Waals surface area contributed by atoms with Gasteiger partial charge in [0, 0.05) is 12.5 Å². The van der Waals surface area contributed by atoms with Crippen molar-refractivity contribution in [2.24, 2.45) is 17.3 Å². The van der Waals surface area contributed by atoms with Crippen molar-refractivity contribution in [3.8, 4) is 0 Å². The summed E-state index contributed by atoms with van der Waals surface area (Å²) in [5.74, 6) is -1.68. The molecule has 5 aliphatic rings. The Morgan fingerprint density at radius 3 is 2.64 bits per heavy atom. The minimum Gasteiger partial charge on any atom is -0.481 e. The molecule has 2 aromatic rings. The van der Waals surface area contributed by atoms with Gasteiger partial charge in [0.05, 0.1) is 35.8 Å². The topological polar surface area (TPSA) is 132 Å². The van der Waals surface area contributed by atoms with Crippen LogP contribution in [0.2, 0.25) is 0 Å². The second kappa shape index (κ2) is 11.1. The first-order valence-corrected chi connectivity index (χ1v) is 15.5. The van der Waals surface area contributed by atoms with Crippen molar-refractivity contribution in [2.75, 3.05) is 5.32 Å². The zero-order chi connectivity index (χ0) is 32.5. The molecular formula is C31H38BF3N4O6. The summed E-state index contributed by atoms with van der Waals surface area (Å²) in [5, 5.41) is 15.4. The minimum atomic E-state index is -4.51. The van der Waals surface area contributed by atoms with Crippen molar-refractivity contribution >= 4 is 24.7 Å². The lowest BCUT2D eigenvalue weighted by Gasteiger charge is -2.64. The van der Waals surface area contributed by atoms with Gasteiger partial charge in [0.2, 0.25) is 5.91 Å². The molecule has 0 spiro atoms. The molecule has 0 radical (unpaired) electrons. The lowest BCUT2D eigenvalue weighted by Crippen LogP contribution is -2.65. The largest absolute Gasteiger partial charge is 0.481 e. The molecule has 3 aliphatic carbocycles. The fraction of sp³-hybridized carbons (Fsp3) is 0.613. The second-order valence-corrected chi connectivity index (χ2v) is 13.7. The van der Waals surface area contributed by atoms with Gasteiger partial charge in [0.25, 0.3) is 5.56 Å². The van der Waals surface area contributed by atoms with Crippen LogP contribution in [-0.4, -0.2) is 51.3 Å². The third-order valence-electron chi connectivity index (χ3n) is 10.7. The fourth-order valence-electron chi connectivity index (χ4n) is 8.06. The molecular weight excluding hydrogens is 592 g/mol. The summed E-state index contributed by atoms with van der Waals surface area (Å²) in [4.78, 5) is 43.5. The average molecular weight is 630 g/mol. The van der Waals surface area contributed by atoms with Gasteiger partial charge in [-0.15, -0.1) is 0 Å². The first-order valence-electron chi connectivity index (χ1n) is 15.5. The predicted octanol–water partition coefficient (Wildman–Crippen LogP) is 4.54. The van der Waals surface area contributed by atoms with Crippen LogP contribution in [0.25, 0.3) is 0 Å². The Labute approximate surface area is 259 Å². The molecule has 1 amide bonds. The van der Waals surface area contributed by atoms with Crippen LogP contribution in [0, 0.1) is 17.3 Å². The number of carbonyl (C=O) groups excluding carboxylic acids is 1. The van der Waals surface area contributed by atoms with E-state index in [0.717, 1.165) is 25.0 Å². The zero-order valence-corrected chi connectivity index (χ0v) is 25.7. The molecule has 242 valence electrons. The standard InChI is InChI=1S/C31H38BF3N4O6/c1-5-24(32-44-23-13-19-12-22(29(19,2)3)30(23,4)45-32)38-27(42)21-10-17(11-25(40)41)26-37-15-20(28(43)39(21)26)36-14-16-7-6-8-18(9-16)31(33,34)35/h6-9,15,17,19,21-24,36H,5,10-14H2,1-4H3,(H,38,42)(H,40,41)/t17?,19-,21-,22-,23+,24-,30-/m0/s1. The van der Waals surface area contributed by atoms with E-state index in [0.29, 0.717) is 23.8 Å². The van der Waals surface area contributed by atoms with Crippen molar-refractivity contribution in [2.45, 2.75) is 102 Å². The third-order valence-corrected chi connectivity index (χ3v) is 10.7. The number of aliphatic carboxylic acids is 1. The second-order valence-electron chi connectivity index (χ2n) is 13.7. The molecule has 7 rings (SSSR count). The highest BCUT2D eigenvalue weighted by Crippen LogP contribution is 2.65. The van der Waals surface area contributed by atoms with Crippen LogP contribution in [-0.2, 0) is 31.6 Å². The number of fused-ring (bicyclic) bond motifs is 1. The van der Waals surface area contributed by atoms with Gasteiger partial charge in [-0.2, -0.15) is 13.2 Å². The Bertz CT molecular complexity index is 1570. The molecule has 1 saturated heterocycles. The first-order chi connectivity index (χ1) is 21.1. The molecule has 3 heterocycles. The van der Waals surface area contributed by atoms with E-state index in [1.165, 1.54) is 22.9 Å². The van der Waals surface area contributed by atoms with Gasteiger partial charge in [0.15, 0.2) is 0 Å². The average Bonchev–Trinajstić information content (AvgIpc) is 3.52. The summed E-state index contributed by atoms with van der Waals surface area (Å²) >= 11 is 0. The maximum atomic E-state index is 13.8. The monoisotopic (exact) mass is 630 g/mol. The summed E-state index contributed by atoms with van der Waals surface area (Å²) in [5.41, 5.74) is -1.45. The van der Waals surface area contributed by atoms with E-state index in [-0.39, 0.29) is 42.4 Å². The SMILES string of the molecule is CC[C@H](NC(=O)[C@@H]1CC(CC(=O)O)c2ncc(NCc3cccc(C(F)(F)F)c3)c(=O)n21)B1O[C@@H]2C[C@@H]3C[C@@H](C3(C)C)[C@]2(C)O1. The van der Waals surface area contributed by atoms with E-state index in [2.05, 4.69) is 36.4 Å². The van der Waals surface area contributed by atoms with Crippen LogP contribution in [0.4, 0.5) is 18.9 Å². The summed E-state index contributed by atoms with van der Waals surface area (Å²) in [6.07, 6.45) is -1.14. The Balaban J connectivity index is 1.21. The molecule has 45 heavy (non-hydrogen) atoms. The Morgan fingerprint density at radius 1 is 1.22 bits per heavy atom. The maximum absolute atomic E-state index is 13.8. The van der Waals surface area contributed by atoms with Crippen LogP contribution >= 0.6 is 0 Å². The van der Waals surface area contributed by atoms with Gasteiger partial charge in [-0.25, -0.2) is 4.98 Å². The van der Waals surface area contributed by atoms with E-state index in [1.807, 2.05) is 6.92 Å². The van der Waals surface area contributed by atoms with E-state index in [9.17, 15) is 32.7 Å². The smallest absolute Gasteiger partial charge is 0.481 e. The number of halogens is 3. The van der Waals surface area contributed by atoms with Crippen molar-refractivity contribution < 1.29 is 37.2 Å². The molecule has 1 unspecified atom stereocenters. The summed E-state index contributed by atoms with van der Waals surface area (Å²) in [6.45, 7) is 8.44. The molecule has 2 bridgehead atoms. The van der Waals surface area contributed by atoms with E-state index < -0.39 is 59.8 Å². The first kappa shape index (κ1) is 31.6. The van der Waals surface area contributed by atoms with Crippen LogP contribution in [0.1, 0.15) is 88.7 Å². The van der Waals surface area contributed by atoms with Crippen LogP contribution in [0.3, 0.4) is 0 Å².